The Bertz CT molecular complexity index is 1110. The predicted molar refractivity (Wildman–Crippen MR) is 127 cm³/mol. The minimum absolute atomic E-state index is 0.0159. The quantitative estimate of drug-likeness (QED) is 0.427. The van der Waals surface area contributed by atoms with E-state index in [0.29, 0.717) is 12.2 Å². The van der Waals surface area contributed by atoms with Gasteiger partial charge in [0.05, 0.1) is 18.2 Å². The van der Waals surface area contributed by atoms with Gasteiger partial charge in [-0.25, -0.2) is 0 Å². The van der Waals surface area contributed by atoms with Crippen molar-refractivity contribution in [1.82, 2.24) is 4.90 Å². The average Bonchev–Trinajstić information content (AvgIpc) is 3.45. The highest BCUT2D eigenvalue weighted by Crippen LogP contribution is 2.44. The Morgan fingerprint density at radius 3 is 2.45 bits per heavy atom. The largest absolute Gasteiger partial charge is 0.507 e. The first-order chi connectivity index (χ1) is 16.0. The zero-order valence-electron chi connectivity index (χ0n) is 19.2. The number of amides is 1. The van der Waals surface area contributed by atoms with Gasteiger partial charge in [0.15, 0.2) is 0 Å². The topological polar surface area (TPSA) is 70.1 Å². The maximum absolute atomic E-state index is 13.3. The molecule has 2 aromatic carbocycles. The summed E-state index contributed by atoms with van der Waals surface area (Å²) in [4.78, 5) is 30.3. The first-order valence-electron chi connectivity index (χ1n) is 11.8. The molecule has 0 bridgehead atoms. The Morgan fingerprint density at radius 2 is 1.76 bits per heavy atom. The van der Waals surface area contributed by atoms with Crippen molar-refractivity contribution in [2.75, 3.05) is 25.6 Å². The van der Waals surface area contributed by atoms with Crippen molar-refractivity contribution in [2.45, 2.75) is 50.6 Å². The summed E-state index contributed by atoms with van der Waals surface area (Å²) in [6, 6.07) is 12.8. The van der Waals surface area contributed by atoms with Crippen LogP contribution < -0.4 is 9.64 Å². The number of nitrogens with zero attached hydrogens (tertiary/aromatic N) is 2. The molecular formula is C27H30N2O4. The summed E-state index contributed by atoms with van der Waals surface area (Å²) in [6.07, 6.45) is 5.64. The van der Waals surface area contributed by atoms with Crippen LogP contribution in [-0.2, 0) is 16.0 Å². The van der Waals surface area contributed by atoms with Crippen molar-refractivity contribution in [2.24, 2.45) is 0 Å². The third-order valence-electron chi connectivity index (χ3n) is 7.11. The molecule has 1 saturated heterocycles. The molecule has 0 radical (unpaired) electrons. The van der Waals surface area contributed by atoms with Gasteiger partial charge in [0, 0.05) is 31.4 Å². The van der Waals surface area contributed by atoms with E-state index in [1.54, 1.807) is 11.0 Å². The summed E-state index contributed by atoms with van der Waals surface area (Å²) in [5.74, 6) is -0.398. The number of aryl methyl sites for hydroxylation is 1. The van der Waals surface area contributed by atoms with Crippen LogP contribution in [-0.4, -0.2) is 48.4 Å². The number of ether oxygens (including phenoxy) is 1. The highest BCUT2D eigenvalue weighted by atomic mass is 16.5. The molecule has 1 amide bonds. The Morgan fingerprint density at radius 1 is 1.03 bits per heavy atom. The Hall–Kier alpha value is -3.28. The third-order valence-corrected chi connectivity index (χ3v) is 7.11. The fraction of sp³-hybridized carbons (Fsp3) is 0.407. The molecule has 6 heteroatoms. The number of ketones is 1. The molecule has 172 valence electrons. The van der Waals surface area contributed by atoms with Gasteiger partial charge < -0.3 is 19.6 Å². The number of aliphatic hydroxyl groups excluding tert-OH is 1. The van der Waals surface area contributed by atoms with Crippen LogP contribution in [0.15, 0.2) is 48.0 Å². The number of hydrogen-bond acceptors (Lipinski definition) is 5. The number of fused-ring (bicyclic) bond motifs is 1. The van der Waals surface area contributed by atoms with Crippen molar-refractivity contribution >= 4 is 23.1 Å². The molecule has 1 N–H and O–H groups in total. The van der Waals surface area contributed by atoms with Crippen molar-refractivity contribution in [3.8, 4) is 5.75 Å². The monoisotopic (exact) mass is 446 g/mol. The maximum atomic E-state index is 13.3. The summed E-state index contributed by atoms with van der Waals surface area (Å²) in [5, 5.41) is 11.4. The zero-order valence-corrected chi connectivity index (χ0v) is 19.2. The van der Waals surface area contributed by atoms with Crippen LogP contribution in [0, 0.1) is 0 Å². The van der Waals surface area contributed by atoms with E-state index in [2.05, 4.69) is 0 Å². The average molecular weight is 447 g/mol. The molecule has 3 aliphatic rings. The normalized spacial score (nSPS) is 22.4. The van der Waals surface area contributed by atoms with Gasteiger partial charge in [0.2, 0.25) is 0 Å². The van der Waals surface area contributed by atoms with Crippen LogP contribution in [0.5, 0.6) is 5.75 Å². The number of carbonyl (C=O) groups is 2. The minimum atomic E-state index is -0.602. The van der Waals surface area contributed by atoms with Crippen molar-refractivity contribution in [3.63, 3.8) is 0 Å². The van der Waals surface area contributed by atoms with Crippen LogP contribution in [0.4, 0.5) is 5.69 Å². The molecule has 33 heavy (non-hydrogen) atoms. The molecule has 2 heterocycles. The summed E-state index contributed by atoms with van der Waals surface area (Å²) < 4.78 is 5.70. The van der Waals surface area contributed by atoms with Crippen LogP contribution in [0.2, 0.25) is 0 Å². The van der Waals surface area contributed by atoms with Crippen LogP contribution in [0.3, 0.4) is 0 Å². The van der Waals surface area contributed by atoms with Crippen molar-refractivity contribution < 1.29 is 19.4 Å². The molecule has 5 rings (SSSR count). The summed E-state index contributed by atoms with van der Waals surface area (Å²) >= 11 is 0. The predicted octanol–water partition coefficient (Wildman–Crippen LogP) is 4.44. The van der Waals surface area contributed by atoms with E-state index in [9.17, 15) is 14.7 Å². The molecular weight excluding hydrogens is 416 g/mol. The second-order valence-electron chi connectivity index (χ2n) is 9.41. The standard InChI is InChI=1S/C27H30N2O4/c1-28(2)20-12-9-17(10-13-20)24-23(26(31)27(32)29(24)21-7-3-4-8-21)25(30)19-11-14-22-18(16-19)6-5-15-33-22/h9-14,16,21,24,30H,3-8,15H2,1-2H3/b25-23-. The highest BCUT2D eigenvalue weighted by molar-refractivity contribution is 6.46. The first-order valence-corrected chi connectivity index (χ1v) is 11.8. The SMILES string of the molecule is CN(C)c1ccc(C2/C(=C(/O)c3ccc4c(c3)CCCO4)C(=O)C(=O)N2C2CCCC2)cc1. The number of rotatable bonds is 4. The van der Waals surface area contributed by atoms with Gasteiger partial charge in [-0.2, -0.15) is 0 Å². The zero-order chi connectivity index (χ0) is 23.1. The molecule has 1 aliphatic carbocycles. The maximum Gasteiger partial charge on any atom is 0.295 e. The third kappa shape index (κ3) is 3.77. The van der Waals surface area contributed by atoms with E-state index in [0.717, 1.165) is 61.1 Å². The van der Waals surface area contributed by atoms with E-state index in [1.165, 1.54) is 0 Å². The van der Waals surface area contributed by atoms with Crippen LogP contribution in [0.25, 0.3) is 5.76 Å². The van der Waals surface area contributed by atoms with Gasteiger partial charge in [-0.1, -0.05) is 25.0 Å². The van der Waals surface area contributed by atoms with Gasteiger partial charge in [0.1, 0.15) is 11.5 Å². The van der Waals surface area contributed by atoms with Crippen molar-refractivity contribution in [1.29, 1.82) is 0 Å². The molecule has 6 nitrogen and oxygen atoms in total. The van der Waals surface area contributed by atoms with Gasteiger partial charge >= 0.3 is 0 Å². The molecule has 0 aromatic heterocycles. The van der Waals surface area contributed by atoms with Crippen molar-refractivity contribution in [3.05, 3.63) is 64.7 Å². The second-order valence-corrected chi connectivity index (χ2v) is 9.41. The lowest BCUT2D eigenvalue weighted by molar-refractivity contribution is -0.141. The fourth-order valence-electron chi connectivity index (χ4n) is 5.35. The lowest BCUT2D eigenvalue weighted by Crippen LogP contribution is -2.37. The lowest BCUT2D eigenvalue weighted by Gasteiger charge is -2.31. The molecule has 1 unspecified atom stereocenters. The summed E-state index contributed by atoms with van der Waals surface area (Å²) in [6.45, 7) is 0.688. The number of anilines is 1. The molecule has 1 atom stereocenters. The number of aliphatic hydroxyl groups is 1. The molecule has 2 aromatic rings. The van der Waals surface area contributed by atoms with E-state index < -0.39 is 17.7 Å². The number of likely N-dealkylation sites (tertiary alicyclic amines) is 1. The molecule has 2 aliphatic heterocycles. The number of carbonyl (C=O) groups excluding carboxylic acids is 2. The molecule has 0 spiro atoms. The van der Waals surface area contributed by atoms with Crippen LogP contribution >= 0.6 is 0 Å². The molecule has 1 saturated carbocycles. The van der Waals surface area contributed by atoms with Gasteiger partial charge in [0.25, 0.3) is 11.7 Å². The lowest BCUT2D eigenvalue weighted by atomic mass is 9.93. The van der Waals surface area contributed by atoms with E-state index in [1.807, 2.05) is 55.4 Å². The Labute approximate surface area is 194 Å². The van der Waals surface area contributed by atoms with E-state index in [4.69, 9.17) is 4.74 Å². The van der Waals surface area contributed by atoms with Gasteiger partial charge in [-0.15, -0.1) is 0 Å². The fourth-order valence-corrected chi connectivity index (χ4v) is 5.35. The Balaban J connectivity index is 1.63. The van der Waals surface area contributed by atoms with Crippen LogP contribution in [0.1, 0.15) is 54.8 Å². The second kappa shape index (κ2) is 8.58. The number of Topliss-reactive ketones (excluding diaryl/α,β-unsaturated/α-hetero) is 1. The highest BCUT2D eigenvalue weighted by Gasteiger charge is 2.49. The van der Waals surface area contributed by atoms with Gasteiger partial charge in [-0.05, 0) is 67.1 Å². The number of hydrogen-bond donors (Lipinski definition) is 1. The summed E-state index contributed by atoms with van der Waals surface area (Å²) in [5.41, 5.74) is 3.63. The summed E-state index contributed by atoms with van der Waals surface area (Å²) in [7, 11) is 3.94. The minimum Gasteiger partial charge on any atom is -0.507 e. The van der Waals surface area contributed by atoms with E-state index in [-0.39, 0.29) is 17.4 Å². The Kier molecular flexibility index (Phi) is 5.60. The molecule has 2 fully saturated rings. The van der Waals surface area contributed by atoms with E-state index >= 15 is 0 Å². The number of benzene rings is 2. The smallest absolute Gasteiger partial charge is 0.295 e. The first kappa shape index (κ1) is 21.6. The van der Waals surface area contributed by atoms with Gasteiger partial charge in [-0.3, -0.25) is 9.59 Å².